The van der Waals surface area contributed by atoms with E-state index in [0.29, 0.717) is 6.54 Å². The molecule has 0 aliphatic rings. The number of halogens is 3. The lowest BCUT2D eigenvalue weighted by atomic mass is 10.5. The summed E-state index contributed by atoms with van der Waals surface area (Å²) < 4.78 is 39.0. The summed E-state index contributed by atoms with van der Waals surface area (Å²) in [6, 6.07) is 0. The first-order chi connectivity index (χ1) is 6.41. The van der Waals surface area contributed by atoms with E-state index in [9.17, 15) is 18.0 Å². The Morgan fingerprint density at radius 3 is 2.14 bits per heavy atom. The third-order valence-electron chi connectivity index (χ3n) is 1.77. The maximum atomic E-state index is 11.6. The van der Waals surface area contributed by atoms with Crippen molar-refractivity contribution in [3.05, 3.63) is 0 Å². The average Bonchev–Trinajstić information content (AvgIpc) is 2.10. The molecule has 6 heteroatoms. The molecule has 0 N–H and O–H groups in total. The van der Waals surface area contributed by atoms with Crippen molar-refractivity contribution in [2.45, 2.75) is 20.0 Å². The van der Waals surface area contributed by atoms with Crippen LogP contribution in [-0.2, 0) is 9.53 Å². The van der Waals surface area contributed by atoms with Crippen LogP contribution in [0.4, 0.5) is 13.2 Å². The monoisotopic (exact) mass is 213 g/mol. The molecule has 0 saturated carbocycles. The van der Waals surface area contributed by atoms with Crippen LogP contribution >= 0.6 is 0 Å². The van der Waals surface area contributed by atoms with Crippen LogP contribution in [-0.4, -0.2) is 43.3 Å². The van der Waals surface area contributed by atoms with Crippen LogP contribution in [0, 0.1) is 0 Å². The Bertz CT molecular complexity index is 178. The molecule has 0 radical (unpaired) electrons. The van der Waals surface area contributed by atoms with Gasteiger partial charge >= 0.3 is 12.1 Å². The zero-order valence-corrected chi connectivity index (χ0v) is 8.23. The van der Waals surface area contributed by atoms with Gasteiger partial charge in [0.15, 0.2) is 0 Å². The Morgan fingerprint density at radius 1 is 1.29 bits per heavy atom. The number of alkyl halides is 3. The number of hydrogen-bond donors (Lipinski definition) is 0. The van der Waals surface area contributed by atoms with Crippen molar-refractivity contribution < 1.29 is 22.7 Å². The minimum atomic E-state index is -4.89. The smallest absolute Gasteiger partial charge is 0.458 e. The second-order valence-electron chi connectivity index (χ2n) is 2.66. The predicted molar refractivity (Wildman–Crippen MR) is 44.8 cm³/mol. The first kappa shape index (κ1) is 13.2. The lowest BCUT2D eigenvalue weighted by Gasteiger charge is -2.17. The summed E-state index contributed by atoms with van der Waals surface area (Å²) in [6.07, 6.45) is -4.89. The molecule has 0 heterocycles. The highest BCUT2D eigenvalue weighted by atomic mass is 19.4. The highest BCUT2D eigenvalue weighted by Gasteiger charge is 2.40. The first-order valence-corrected chi connectivity index (χ1v) is 4.38. The molecule has 0 unspecified atom stereocenters. The molecule has 0 aromatic carbocycles. The Hall–Kier alpha value is -0.780. The van der Waals surface area contributed by atoms with Gasteiger partial charge in [0.05, 0.1) is 0 Å². The van der Waals surface area contributed by atoms with Crippen molar-refractivity contribution in [1.82, 2.24) is 4.90 Å². The number of carbonyl (C=O) groups excluding carboxylic acids is 1. The summed E-state index contributed by atoms with van der Waals surface area (Å²) >= 11 is 0. The molecule has 0 rings (SSSR count). The molecule has 0 aliphatic carbocycles. The van der Waals surface area contributed by atoms with Gasteiger partial charge in [0.1, 0.15) is 6.61 Å². The molecular formula is C8H14F3NO2. The number of rotatable bonds is 5. The van der Waals surface area contributed by atoms with E-state index in [-0.39, 0.29) is 6.61 Å². The fraction of sp³-hybridized carbons (Fsp3) is 0.875. The Balaban J connectivity index is 3.69. The van der Waals surface area contributed by atoms with Gasteiger partial charge in [-0.15, -0.1) is 0 Å². The highest BCUT2D eigenvalue weighted by molar-refractivity contribution is 5.75. The summed E-state index contributed by atoms with van der Waals surface area (Å²) in [5.74, 6) is -2.12. The average molecular weight is 213 g/mol. The lowest BCUT2D eigenvalue weighted by molar-refractivity contribution is -0.199. The molecule has 0 bridgehead atoms. The Labute approximate surface area is 80.8 Å². The van der Waals surface area contributed by atoms with Crippen LogP contribution in [0.1, 0.15) is 13.8 Å². The molecule has 0 aromatic heterocycles. The van der Waals surface area contributed by atoms with Crippen molar-refractivity contribution >= 4 is 5.97 Å². The molecule has 0 amide bonds. The van der Waals surface area contributed by atoms with Crippen LogP contribution in [0.15, 0.2) is 0 Å². The van der Waals surface area contributed by atoms with Crippen LogP contribution in [0.5, 0.6) is 0 Å². The first-order valence-electron chi connectivity index (χ1n) is 4.38. The van der Waals surface area contributed by atoms with Crippen molar-refractivity contribution in [2.24, 2.45) is 0 Å². The molecule has 0 spiro atoms. The zero-order chi connectivity index (χ0) is 11.2. The van der Waals surface area contributed by atoms with E-state index in [4.69, 9.17) is 0 Å². The second kappa shape index (κ2) is 5.85. The molecule has 84 valence electrons. The largest absolute Gasteiger partial charge is 0.490 e. The lowest BCUT2D eigenvalue weighted by Crippen LogP contribution is -2.31. The van der Waals surface area contributed by atoms with Crippen LogP contribution < -0.4 is 0 Å². The number of esters is 1. The Morgan fingerprint density at radius 2 is 1.79 bits per heavy atom. The van der Waals surface area contributed by atoms with Crippen LogP contribution in [0.3, 0.4) is 0 Å². The SMILES string of the molecule is CCN(CC)CCOC(=O)C(F)(F)F. The van der Waals surface area contributed by atoms with Gasteiger partial charge in [-0.2, -0.15) is 13.2 Å². The second-order valence-corrected chi connectivity index (χ2v) is 2.66. The standard InChI is InChI=1S/C8H14F3NO2/c1-3-12(4-2)5-6-14-7(13)8(9,10)11/h3-6H2,1-2H3. The van der Waals surface area contributed by atoms with Gasteiger partial charge < -0.3 is 9.64 Å². The summed E-state index contributed by atoms with van der Waals surface area (Å²) in [7, 11) is 0. The van der Waals surface area contributed by atoms with Gasteiger partial charge in [-0.1, -0.05) is 13.8 Å². The third kappa shape index (κ3) is 5.06. The topological polar surface area (TPSA) is 29.5 Å². The number of ether oxygens (including phenoxy) is 1. The van der Waals surface area contributed by atoms with E-state index in [2.05, 4.69) is 4.74 Å². The summed E-state index contributed by atoms with van der Waals surface area (Å²) in [6.45, 7) is 5.32. The molecule has 3 nitrogen and oxygen atoms in total. The Kier molecular flexibility index (Phi) is 5.52. The minimum Gasteiger partial charge on any atom is -0.458 e. The number of nitrogens with zero attached hydrogens (tertiary/aromatic N) is 1. The summed E-state index contributed by atoms with van der Waals surface area (Å²) in [4.78, 5) is 12.1. The van der Waals surface area contributed by atoms with E-state index < -0.39 is 12.1 Å². The van der Waals surface area contributed by atoms with Crippen molar-refractivity contribution in [3.8, 4) is 0 Å². The summed E-state index contributed by atoms with van der Waals surface area (Å²) in [5.41, 5.74) is 0. The number of likely N-dealkylation sites (N-methyl/N-ethyl adjacent to an activating group) is 1. The van der Waals surface area contributed by atoms with E-state index in [1.165, 1.54) is 0 Å². The third-order valence-corrected chi connectivity index (χ3v) is 1.77. The van der Waals surface area contributed by atoms with Gasteiger partial charge in [0.25, 0.3) is 0 Å². The fourth-order valence-electron chi connectivity index (χ4n) is 0.889. The quantitative estimate of drug-likeness (QED) is 0.647. The molecule has 0 aliphatic heterocycles. The number of carbonyl (C=O) groups is 1. The van der Waals surface area contributed by atoms with Crippen molar-refractivity contribution in [1.29, 1.82) is 0 Å². The van der Waals surface area contributed by atoms with Gasteiger partial charge in [0.2, 0.25) is 0 Å². The molecule has 0 fully saturated rings. The van der Waals surface area contributed by atoms with E-state index in [1.54, 1.807) is 0 Å². The summed E-state index contributed by atoms with van der Waals surface area (Å²) in [5, 5.41) is 0. The van der Waals surface area contributed by atoms with Crippen LogP contribution in [0.25, 0.3) is 0 Å². The van der Waals surface area contributed by atoms with Crippen molar-refractivity contribution in [3.63, 3.8) is 0 Å². The van der Waals surface area contributed by atoms with Crippen LogP contribution in [0.2, 0.25) is 0 Å². The van der Waals surface area contributed by atoms with E-state index >= 15 is 0 Å². The van der Waals surface area contributed by atoms with Gasteiger partial charge in [-0.3, -0.25) is 0 Å². The fourth-order valence-corrected chi connectivity index (χ4v) is 0.889. The van der Waals surface area contributed by atoms with Gasteiger partial charge in [0, 0.05) is 6.54 Å². The van der Waals surface area contributed by atoms with Crippen molar-refractivity contribution in [2.75, 3.05) is 26.2 Å². The molecule has 0 atom stereocenters. The van der Waals surface area contributed by atoms with Gasteiger partial charge in [-0.05, 0) is 13.1 Å². The minimum absolute atomic E-state index is 0.222. The van der Waals surface area contributed by atoms with E-state index in [0.717, 1.165) is 13.1 Å². The maximum absolute atomic E-state index is 11.6. The van der Waals surface area contributed by atoms with E-state index in [1.807, 2.05) is 18.7 Å². The zero-order valence-electron chi connectivity index (χ0n) is 8.23. The predicted octanol–water partition coefficient (Wildman–Crippen LogP) is 1.43. The molecular weight excluding hydrogens is 199 g/mol. The number of hydrogen-bond acceptors (Lipinski definition) is 3. The highest BCUT2D eigenvalue weighted by Crippen LogP contribution is 2.16. The molecule has 14 heavy (non-hydrogen) atoms. The maximum Gasteiger partial charge on any atom is 0.490 e. The molecule has 0 saturated heterocycles. The van der Waals surface area contributed by atoms with Gasteiger partial charge in [-0.25, -0.2) is 4.79 Å². The molecule has 0 aromatic rings. The normalized spacial score (nSPS) is 11.9.